The fraction of sp³-hybridized carbons (Fsp3) is 0.156. The summed E-state index contributed by atoms with van der Waals surface area (Å²) >= 11 is 0. The SMILES string of the molecule is COC(=O)[C@@H](Cc1ccc(-c2ccccc2)cc1)NC(=O)[C@H](O)[C@@H](NC(=O)c1ccccc1)c1ccccc1. The van der Waals surface area contributed by atoms with Crippen molar-refractivity contribution in [2.45, 2.75) is 24.6 Å². The first-order valence-corrected chi connectivity index (χ1v) is 12.6. The van der Waals surface area contributed by atoms with Crippen molar-refractivity contribution in [3.63, 3.8) is 0 Å². The summed E-state index contributed by atoms with van der Waals surface area (Å²) < 4.78 is 4.92. The first-order chi connectivity index (χ1) is 19.0. The van der Waals surface area contributed by atoms with Crippen LogP contribution in [0.3, 0.4) is 0 Å². The Balaban J connectivity index is 1.50. The lowest BCUT2D eigenvalue weighted by molar-refractivity contribution is -0.146. The summed E-state index contributed by atoms with van der Waals surface area (Å²) in [6.07, 6.45) is -1.51. The van der Waals surface area contributed by atoms with Crippen LogP contribution in [0.25, 0.3) is 11.1 Å². The van der Waals surface area contributed by atoms with Gasteiger partial charge in [0.1, 0.15) is 6.04 Å². The highest BCUT2D eigenvalue weighted by atomic mass is 16.5. The molecule has 0 bridgehead atoms. The van der Waals surface area contributed by atoms with Gasteiger partial charge in [-0.05, 0) is 34.4 Å². The quantitative estimate of drug-likeness (QED) is 0.272. The Morgan fingerprint density at radius 1 is 0.718 bits per heavy atom. The normalized spacial score (nSPS) is 13.0. The lowest BCUT2D eigenvalue weighted by atomic mass is 9.98. The van der Waals surface area contributed by atoms with Gasteiger partial charge in [-0.25, -0.2) is 4.79 Å². The van der Waals surface area contributed by atoms with Gasteiger partial charge in [0.25, 0.3) is 11.8 Å². The van der Waals surface area contributed by atoms with Gasteiger partial charge in [-0.3, -0.25) is 9.59 Å². The van der Waals surface area contributed by atoms with Gasteiger partial charge >= 0.3 is 5.97 Å². The van der Waals surface area contributed by atoms with Gasteiger partial charge in [-0.15, -0.1) is 0 Å². The predicted molar refractivity (Wildman–Crippen MR) is 149 cm³/mol. The molecule has 39 heavy (non-hydrogen) atoms. The van der Waals surface area contributed by atoms with Crippen molar-refractivity contribution in [3.8, 4) is 11.1 Å². The van der Waals surface area contributed by atoms with E-state index in [2.05, 4.69) is 10.6 Å². The summed E-state index contributed by atoms with van der Waals surface area (Å²) in [6.45, 7) is 0. The third-order valence-electron chi connectivity index (χ3n) is 6.37. The summed E-state index contributed by atoms with van der Waals surface area (Å²) in [7, 11) is 1.24. The zero-order valence-electron chi connectivity index (χ0n) is 21.5. The first-order valence-electron chi connectivity index (χ1n) is 12.6. The second kappa shape index (κ2) is 13.2. The van der Waals surface area contributed by atoms with E-state index in [-0.39, 0.29) is 6.42 Å². The molecular formula is C32H30N2O5. The molecular weight excluding hydrogens is 492 g/mol. The van der Waals surface area contributed by atoms with Gasteiger partial charge < -0.3 is 20.5 Å². The van der Waals surface area contributed by atoms with Crippen LogP contribution in [0.5, 0.6) is 0 Å². The molecule has 0 heterocycles. The number of aliphatic hydroxyl groups is 1. The summed E-state index contributed by atoms with van der Waals surface area (Å²) in [4.78, 5) is 38.7. The topological polar surface area (TPSA) is 105 Å². The molecule has 3 N–H and O–H groups in total. The zero-order chi connectivity index (χ0) is 27.6. The minimum Gasteiger partial charge on any atom is -0.467 e. The number of aliphatic hydroxyl groups excluding tert-OH is 1. The van der Waals surface area contributed by atoms with Crippen molar-refractivity contribution < 1.29 is 24.2 Å². The molecule has 0 unspecified atom stereocenters. The molecule has 198 valence electrons. The summed E-state index contributed by atoms with van der Waals surface area (Å²) in [5, 5.41) is 16.4. The number of ether oxygens (including phenoxy) is 1. The van der Waals surface area contributed by atoms with E-state index in [1.807, 2.05) is 54.6 Å². The van der Waals surface area contributed by atoms with Crippen molar-refractivity contribution in [2.24, 2.45) is 0 Å². The second-order valence-corrected chi connectivity index (χ2v) is 9.02. The van der Waals surface area contributed by atoms with Gasteiger partial charge in [0, 0.05) is 12.0 Å². The maximum Gasteiger partial charge on any atom is 0.328 e. The van der Waals surface area contributed by atoms with Crippen molar-refractivity contribution in [2.75, 3.05) is 7.11 Å². The van der Waals surface area contributed by atoms with Crippen LogP contribution in [0.1, 0.15) is 27.5 Å². The smallest absolute Gasteiger partial charge is 0.328 e. The molecule has 2 amide bonds. The van der Waals surface area contributed by atoms with Crippen LogP contribution < -0.4 is 10.6 Å². The van der Waals surface area contributed by atoms with Crippen LogP contribution in [0.15, 0.2) is 115 Å². The number of hydrogen-bond acceptors (Lipinski definition) is 5. The number of carbonyl (C=O) groups is 3. The molecule has 0 aliphatic rings. The molecule has 4 aromatic carbocycles. The fourth-order valence-corrected chi connectivity index (χ4v) is 4.26. The molecule has 7 nitrogen and oxygen atoms in total. The summed E-state index contributed by atoms with van der Waals surface area (Å²) in [6, 6.07) is 32.7. The molecule has 0 aromatic heterocycles. The van der Waals surface area contributed by atoms with E-state index in [1.165, 1.54) is 7.11 Å². The number of nitrogens with one attached hydrogen (secondary N) is 2. The molecule has 0 spiro atoms. The van der Waals surface area contributed by atoms with Crippen molar-refractivity contribution in [3.05, 3.63) is 132 Å². The van der Waals surface area contributed by atoms with Gasteiger partial charge in [0.05, 0.1) is 13.2 Å². The third kappa shape index (κ3) is 7.18. The van der Waals surface area contributed by atoms with E-state index in [4.69, 9.17) is 4.74 Å². The Bertz CT molecular complexity index is 1380. The lowest BCUT2D eigenvalue weighted by Crippen LogP contribution is -2.51. The fourth-order valence-electron chi connectivity index (χ4n) is 4.26. The number of esters is 1. The highest BCUT2D eigenvalue weighted by Gasteiger charge is 2.32. The Hall–Kier alpha value is -4.75. The van der Waals surface area contributed by atoms with Gasteiger partial charge in [0.15, 0.2) is 6.10 Å². The first kappa shape index (κ1) is 27.3. The van der Waals surface area contributed by atoms with Crippen molar-refractivity contribution in [1.29, 1.82) is 0 Å². The Kier molecular flexibility index (Phi) is 9.21. The van der Waals surface area contributed by atoms with Crippen LogP contribution in [-0.4, -0.2) is 42.1 Å². The molecule has 4 aromatic rings. The number of carbonyl (C=O) groups excluding carboxylic acids is 3. The van der Waals surface area contributed by atoms with Crippen LogP contribution in [0.2, 0.25) is 0 Å². The number of methoxy groups -OCH3 is 1. The predicted octanol–water partition coefficient (Wildman–Crippen LogP) is 4.09. The lowest BCUT2D eigenvalue weighted by Gasteiger charge is -2.26. The van der Waals surface area contributed by atoms with E-state index in [0.717, 1.165) is 16.7 Å². The van der Waals surface area contributed by atoms with Gasteiger partial charge in [-0.1, -0.05) is 103 Å². The molecule has 0 radical (unpaired) electrons. The maximum absolute atomic E-state index is 13.2. The van der Waals surface area contributed by atoms with Gasteiger partial charge in [0.2, 0.25) is 0 Å². The third-order valence-corrected chi connectivity index (χ3v) is 6.37. The number of amides is 2. The van der Waals surface area contributed by atoms with Crippen molar-refractivity contribution in [1.82, 2.24) is 10.6 Å². The molecule has 0 saturated carbocycles. The number of hydrogen-bond donors (Lipinski definition) is 3. The van der Waals surface area contributed by atoms with Gasteiger partial charge in [-0.2, -0.15) is 0 Å². The zero-order valence-corrected chi connectivity index (χ0v) is 21.5. The van der Waals surface area contributed by atoms with Crippen molar-refractivity contribution >= 4 is 17.8 Å². The highest BCUT2D eigenvalue weighted by molar-refractivity contribution is 5.95. The second-order valence-electron chi connectivity index (χ2n) is 9.02. The Morgan fingerprint density at radius 3 is 1.85 bits per heavy atom. The van der Waals surface area contributed by atoms with E-state index in [0.29, 0.717) is 11.1 Å². The van der Waals surface area contributed by atoms with Crippen LogP contribution in [0, 0.1) is 0 Å². The molecule has 0 aliphatic heterocycles. The maximum atomic E-state index is 13.2. The standard InChI is InChI=1S/C32H30N2O5/c1-39-32(38)27(21-22-17-19-24(20-18-22)23-11-5-2-6-12-23)33-31(37)29(35)28(25-13-7-3-8-14-25)34-30(36)26-15-9-4-10-16-26/h2-20,27-29,35H,21H2,1H3,(H,33,37)(H,34,36)/t27-,28+,29-/m1/s1. The monoisotopic (exact) mass is 522 g/mol. The van der Waals surface area contributed by atoms with Crippen LogP contribution >= 0.6 is 0 Å². The molecule has 7 heteroatoms. The number of rotatable bonds is 10. The average Bonchev–Trinajstić information content (AvgIpc) is 3.00. The minimum absolute atomic E-state index is 0.159. The van der Waals surface area contributed by atoms with E-state index in [1.54, 1.807) is 60.7 Å². The highest BCUT2D eigenvalue weighted by Crippen LogP contribution is 2.21. The van der Waals surface area contributed by atoms with Crippen LogP contribution in [-0.2, 0) is 20.7 Å². The average molecular weight is 523 g/mol. The number of benzene rings is 4. The minimum atomic E-state index is -1.67. The van der Waals surface area contributed by atoms with E-state index >= 15 is 0 Å². The summed E-state index contributed by atoms with van der Waals surface area (Å²) in [5.41, 5.74) is 3.81. The summed E-state index contributed by atoms with van der Waals surface area (Å²) in [5.74, 6) is -1.90. The molecule has 3 atom stereocenters. The largest absolute Gasteiger partial charge is 0.467 e. The molecule has 4 rings (SSSR count). The van der Waals surface area contributed by atoms with Crippen LogP contribution in [0.4, 0.5) is 0 Å². The Labute approximate surface area is 227 Å². The molecule has 0 aliphatic carbocycles. The molecule has 0 fully saturated rings. The van der Waals surface area contributed by atoms with E-state index in [9.17, 15) is 19.5 Å². The molecule has 0 saturated heterocycles. The van der Waals surface area contributed by atoms with E-state index < -0.39 is 36.0 Å². The Morgan fingerprint density at radius 2 is 1.26 bits per heavy atom.